The number of carbonyl (C=O) groups is 2. The number of hydrogen-bond donors (Lipinski definition) is 1. The first-order valence-corrected chi connectivity index (χ1v) is 11.5. The van der Waals surface area contributed by atoms with E-state index in [0.29, 0.717) is 29.2 Å². The van der Waals surface area contributed by atoms with Crippen molar-refractivity contribution in [3.8, 4) is 0 Å². The molecule has 2 aliphatic heterocycles. The normalized spacial score (nSPS) is 19.3. The minimum absolute atomic E-state index is 0.183. The molecule has 2 heterocycles. The second-order valence-corrected chi connectivity index (χ2v) is 9.34. The molecule has 3 aromatic carbocycles. The predicted molar refractivity (Wildman–Crippen MR) is 125 cm³/mol. The average molecular weight is 466 g/mol. The van der Waals surface area contributed by atoms with E-state index in [-0.39, 0.29) is 18.0 Å². The maximum absolute atomic E-state index is 14.4. The van der Waals surface area contributed by atoms with Crippen molar-refractivity contribution in [2.45, 2.75) is 18.3 Å². The number of fused-ring (bicyclic) bond motifs is 2. The van der Waals surface area contributed by atoms with Crippen molar-refractivity contribution in [2.75, 3.05) is 22.5 Å². The lowest BCUT2D eigenvalue weighted by molar-refractivity contribution is -0.123. The van der Waals surface area contributed by atoms with E-state index < -0.39 is 22.5 Å². The molecule has 0 aliphatic carbocycles. The Bertz CT molecular complexity index is 1230. The molecule has 8 heteroatoms. The molecule has 3 amide bonds. The fraction of sp³-hybridized carbons (Fsp3) is 0.200. The van der Waals surface area contributed by atoms with Gasteiger partial charge in [0.25, 0.3) is 5.91 Å². The van der Waals surface area contributed by atoms with Crippen LogP contribution in [0.5, 0.6) is 0 Å². The lowest BCUT2D eigenvalue weighted by Crippen LogP contribution is -2.51. The highest BCUT2D eigenvalue weighted by Crippen LogP contribution is 2.54. The summed E-state index contributed by atoms with van der Waals surface area (Å²) in [6.07, 6.45) is 0. The molecule has 33 heavy (non-hydrogen) atoms. The van der Waals surface area contributed by atoms with Crippen LogP contribution in [0.4, 0.5) is 25.0 Å². The molecular formula is C25H21F2N3O2S. The number of carbonyl (C=O) groups excluding carboxylic acids is 2. The van der Waals surface area contributed by atoms with Crippen LogP contribution in [0.3, 0.4) is 0 Å². The summed E-state index contributed by atoms with van der Waals surface area (Å²) in [4.78, 5) is 28.9. The molecule has 5 nitrogen and oxygen atoms in total. The van der Waals surface area contributed by atoms with Gasteiger partial charge in [-0.2, -0.15) is 0 Å². The number of benzene rings is 3. The first-order chi connectivity index (χ1) is 15.9. The van der Waals surface area contributed by atoms with E-state index in [0.717, 1.165) is 5.56 Å². The van der Waals surface area contributed by atoms with E-state index in [1.807, 2.05) is 37.3 Å². The third-order valence-electron chi connectivity index (χ3n) is 6.00. The Labute approximate surface area is 194 Å². The standard InChI is InChI=1S/C25H21F2N3O2S/c1-16-10-11-22-19(14-16)25(23(31)29(22)15-18-20(26)8-5-9-21(18)27)30(12-13-33-25)24(32)28-17-6-3-2-4-7-17/h2-11,14H,12-13,15H2,1H3,(H,28,32). The van der Waals surface area contributed by atoms with Crippen LogP contribution in [-0.4, -0.2) is 29.1 Å². The van der Waals surface area contributed by atoms with Gasteiger partial charge in [-0.1, -0.05) is 42.0 Å². The van der Waals surface area contributed by atoms with E-state index >= 15 is 0 Å². The second-order valence-electron chi connectivity index (χ2n) is 8.05. The van der Waals surface area contributed by atoms with Gasteiger partial charge in [0.1, 0.15) is 11.6 Å². The van der Waals surface area contributed by atoms with E-state index in [4.69, 9.17) is 0 Å². The minimum Gasteiger partial charge on any atom is -0.308 e. The van der Waals surface area contributed by atoms with Crippen LogP contribution in [-0.2, 0) is 16.2 Å². The van der Waals surface area contributed by atoms with Crippen LogP contribution in [0.25, 0.3) is 0 Å². The van der Waals surface area contributed by atoms with Crippen molar-refractivity contribution in [1.82, 2.24) is 4.90 Å². The summed E-state index contributed by atoms with van der Waals surface area (Å²) >= 11 is 1.37. The van der Waals surface area contributed by atoms with Crippen LogP contribution >= 0.6 is 11.8 Å². The van der Waals surface area contributed by atoms with Crippen molar-refractivity contribution < 1.29 is 18.4 Å². The number of urea groups is 1. The van der Waals surface area contributed by atoms with Crippen LogP contribution in [0.1, 0.15) is 16.7 Å². The summed E-state index contributed by atoms with van der Waals surface area (Å²) in [6.45, 7) is 2.01. The molecule has 0 radical (unpaired) electrons. The van der Waals surface area contributed by atoms with Crippen LogP contribution in [0, 0.1) is 18.6 Å². The Balaban J connectivity index is 1.57. The number of rotatable bonds is 3. The summed E-state index contributed by atoms with van der Waals surface area (Å²) in [5, 5.41) is 2.87. The number of halogens is 2. The van der Waals surface area contributed by atoms with Crippen molar-refractivity contribution >= 4 is 35.1 Å². The molecule has 1 unspecified atom stereocenters. The number of nitrogens with zero attached hydrogens (tertiary/aromatic N) is 2. The number of aryl methyl sites for hydroxylation is 1. The van der Waals surface area contributed by atoms with Gasteiger partial charge in [-0.3, -0.25) is 9.69 Å². The monoisotopic (exact) mass is 465 g/mol. The molecule has 1 spiro atoms. The quantitative estimate of drug-likeness (QED) is 0.575. The Hall–Kier alpha value is -3.39. The number of amides is 3. The number of thioether (sulfide) groups is 1. The molecule has 1 saturated heterocycles. The van der Waals surface area contributed by atoms with Crippen molar-refractivity contribution in [3.63, 3.8) is 0 Å². The Morgan fingerprint density at radius 1 is 1.06 bits per heavy atom. The summed E-state index contributed by atoms with van der Waals surface area (Å²) < 4.78 is 28.9. The molecule has 0 saturated carbocycles. The molecule has 1 N–H and O–H groups in total. The SMILES string of the molecule is Cc1ccc2c(c1)C1(SCCN1C(=O)Nc1ccccc1)C(=O)N2Cc1c(F)cccc1F. The van der Waals surface area contributed by atoms with Gasteiger partial charge in [0.2, 0.25) is 0 Å². The molecule has 0 bridgehead atoms. The van der Waals surface area contributed by atoms with Gasteiger partial charge in [-0.05, 0) is 37.3 Å². The van der Waals surface area contributed by atoms with E-state index in [2.05, 4.69) is 5.32 Å². The Morgan fingerprint density at radius 2 is 1.79 bits per heavy atom. The third kappa shape index (κ3) is 3.45. The van der Waals surface area contributed by atoms with Crippen LogP contribution in [0.2, 0.25) is 0 Å². The largest absolute Gasteiger partial charge is 0.323 e. The predicted octanol–water partition coefficient (Wildman–Crippen LogP) is 5.25. The highest BCUT2D eigenvalue weighted by molar-refractivity contribution is 8.01. The molecule has 0 aromatic heterocycles. The molecule has 3 aromatic rings. The van der Waals surface area contributed by atoms with Crippen molar-refractivity contribution in [3.05, 3.63) is 95.1 Å². The number of hydrogen-bond acceptors (Lipinski definition) is 3. The smallest absolute Gasteiger partial charge is 0.308 e. The molecular weight excluding hydrogens is 444 g/mol. The zero-order valence-electron chi connectivity index (χ0n) is 17.8. The fourth-order valence-corrected chi connectivity index (χ4v) is 5.89. The molecule has 168 valence electrons. The Morgan fingerprint density at radius 3 is 2.52 bits per heavy atom. The number of para-hydroxylation sites is 1. The van der Waals surface area contributed by atoms with Gasteiger partial charge in [0.05, 0.1) is 12.2 Å². The fourth-order valence-electron chi connectivity index (χ4n) is 4.44. The summed E-state index contributed by atoms with van der Waals surface area (Å²) in [5.41, 5.74) is 2.58. The number of nitrogens with one attached hydrogen (secondary N) is 1. The average Bonchev–Trinajstić information content (AvgIpc) is 3.34. The van der Waals surface area contributed by atoms with Gasteiger partial charge in [0.15, 0.2) is 4.87 Å². The molecule has 1 fully saturated rings. The lowest BCUT2D eigenvalue weighted by Gasteiger charge is -2.33. The van der Waals surface area contributed by atoms with Gasteiger partial charge in [-0.15, -0.1) is 11.8 Å². The van der Waals surface area contributed by atoms with E-state index in [9.17, 15) is 18.4 Å². The third-order valence-corrected chi connectivity index (χ3v) is 7.42. The lowest BCUT2D eigenvalue weighted by atomic mass is 10.0. The van der Waals surface area contributed by atoms with Crippen LogP contribution < -0.4 is 10.2 Å². The van der Waals surface area contributed by atoms with E-state index in [1.54, 1.807) is 18.2 Å². The zero-order chi connectivity index (χ0) is 23.2. The molecule has 5 rings (SSSR count). The van der Waals surface area contributed by atoms with E-state index in [1.165, 1.54) is 39.8 Å². The first kappa shape index (κ1) is 21.5. The van der Waals surface area contributed by atoms with Gasteiger partial charge in [-0.25, -0.2) is 13.6 Å². The maximum atomic E-state index is 14.4. The highest BCUT2D eigenvalue weighted by atomic mass is 32.2. The molecule has 2 aliphatic rings. The maximum Gasteiger partial charge on any atom is 0.323 e. The minimum atomic E-state index is -1.29. The Kier molecular flexibility index (Phi) is 5.32. The van der Waals surface area contributed by atoms with Crippen LogP contribution in [0.15, 0.2) is 66.7 Å². The zero-order valence-corrected chi connectivity index (χ0v) is 18.7. The van der Waals surface area contributed by atoms with Crippen molar-refractivity contribution in [1.29, 1.82) is 0 Å². The summed E-state index contributed by atoms with van der Waals surface area (Å²) in [5.74, 6) is -1.25. The molecule has 1 atom stereocenters. The van der Waals surface area contributed by atoms with Gasteiger partial charge >= 0.3 is 6.03 Å². The highest BCUT2D eigenvalue weighted by Gasteiger charge is 2.59. The number of anilines is 2. The van der Waals surface area contributed by atoms with Gasteiger partial charge in [0, 0.05) is 29.1 Å². The first-order valence-electron chi connectivity index (χ1n) is 10.6. The summed E-state index contributed by atoms with van der Waals surface area (Å²) in [7, 11) is 0. The second kappa shape index (κ2) is 8.19. The van der Waals surface area contributed by atoms with Gasteiger partial charge < -0.3 is 10.2 Å². The summed E-state index contributed by atoms with van der Waals surface area (Å²) in [6, 6.07) is 17.8. The topological polar surface area (TPSA) is 52.7 Å². The van der Waals surface area contributed by atoms with Crippen molar-refractivity contribution in [2.24, 2.45) is 0 Å².